The average molecular weight is 523 g/mol. The van der Waals surface area contributed by atoms with Crippen LogP contribution in [0.15, 0.2) is 54.6 Å². The van der Waals surface area contributed by atoms with Gasteiger partial charge in [-0.05, 0) is 44.0 Å². The molecule has 37 heavy (non-hydrogen) atoms. The highest BCUT2D eigenvalue weighted by Crippen LogP contribution is 2.56. The van der Waals surface area contributed by atoms with Crippen LogP contribution in [-0.2, 0) is 14.3 Å². The Labute approximate surface area is 222 Å². The second-order valence-corrected chi connectivity index (χ2v) is 12.0. The Hall–Kier alpha value is -2.88. The van der Waals surface area contributed by atoms with Crippen LogP contribution in [0.1, 0.15) is 53.2 Å². The van der Waals surface area contributed by atoms with E-state index in [1.54, 1.807) is 16.7 Å². The van der Waals surface area contributed by atoms with Gasteiger partial charge in [0.2, 0.25) is 11.8 Å². The first-order valence-electron chi connectivity index (χ1n) is 12.9. The molecule has 2 fully saturated rings. The summed E-state index contributed by atoms with van der Waals surface area (Å²) in [5, 5.41) is 5.80. The lowest BCUT2D eigenvalue weighted by atomic mass is 9.99. The van der Waals surface area contributed by atoms with Crippen molar-refractivity contribution in [2.45, 2.75) is 42.5 Å². The molecule has 3 amide bonds. The van der Waals surface area contributed by atoms with E-state index in [1.807, 2.05) is 68.4 Å². The molecule has 2 saturated heterocycles. The zero-order chi connectivity index (χ0) is 26.0. The van der Waals surface area contributed by atoms with Gasteiger partial charge >= 0.3 is 0 Å². The van der Waals surface area contributed by atoms with Crippen LogP contribution < -0.4 is 10.6 Å². The molecule has 0 spiro atoms. The number of carbonyl (C=O) groups excluding carboxylic acids is 3. The van der Waals surface area contributed by atoms with Gasteiger partial charge in [0.1, 0.15) is 17.5 Å². The van der Waals surface area contributed by atoms with Crippen molar-refractivity contribution in [2.75, 3.05) is 39.4 Å². The third-order valence-electron chi connectivity index (χ3n) is 7.28. The molecular weight excluding hydrogens is 488 g/mol. The van der Waals surface area contributed by atoms with Crippen LogP contribution in [0.5, 0.6) is 0 Å². The number of nitrogens with one attached hydrogen (secondary N) is 2. The Morgan fingerprint density at radius 1 is 1.08 bits per heavy atom. The minimum Gasteiger partial charge on any atom is -0.379 e. The fourth-order valence-corrected chi connectivity index (χ4v) is 7.00. The lowest BCUT2D eigenvalue weighted by Gasteiger charge is -2.31. The Bertz CT molecular complexity index is 1150. The van der Waals surface area contributed by atoms with Crippen LogP contribution in [0.3, 0.4) is 0 Å². The number of thioether (sulfide) groups is 1. The molecule has 9 heteroatoms. The van der Waals surface area contributed by atoms with Gasteiger partial charge in [0.05, 0.1) is 13.2 Å². The summed E-state index contributed by atoms with van der Waals surface area (Å²) in [7, 11) is 0. The molecule has 3 aliphatic rings. The van der Waals surface area contributed by atoms with Crippen LogP contribution in [-0.4, -0.2) is 77.7 Å². The van der Waals surface area contributed by atoms with E-state index in [-0.39, 0.29) is 23.1 Å². The predicted molar refractivity (Wildman–Crippen MR) is 143 cm³/mol. The normalized spacial score (nSPS) is 23.3. The maximum Gasteiger partial charge on any atom is 0.256 e. The van der Waals surface area contributed by atoms with Crippen molar-refractivity contribution in [1.82, 2.24) is 20.4 Å². The van der Waals surface area contributed by atoms with E-state index in [2.05, 4.69) is 15.5 Å². The van der Waals surface area contributed by atoms with E-state index in [4.69, 9.17) is 4.74 Å². The van der Waals surface area contributed by atoms with E-state index in [0.29, 0.717) is 17.7 Å². The number of ether oxygens (including phenoxy) is 1. The maximum absolute atomic E-state index is 13.8. The Kier molecular flexibility index (Phi) is 7.55. The summed E-state index contributed by atoms with van der Waals surface area (Å²) >= 11 is 1.61. The summed E-state index contributed by atoms with van der Waals surface area (Å²) in [6.45, 7) is 8.68. The van der Waals surface area contributed by atoms with E-state index < -0.39 is 16.8 Å². The van der Waals surface area contributed by atoms with Crippen molar-refractivity contribution in [1.29, 1.82) is 0 Å². The van der Waals surface area contributed by atoms with E-state index in [9.17, 15) is 14.4 Å². The molecule has 0 bridgehead atoms. The highest BCUT2D eigenvalue weighted by molar-refractivity contribution is 8.01. The summed E-state index contributed by atoms with van der Waals surface area (Å²) in [6, 6.07) is 15.2. The van der Waals surface area contributed by atoms with Gasteiger partial charge in [-0.25, -0.2) is 0 Å². The standard InChI is InChI=1S/C28H34N4O4S/c1-28(2)23(32-26(35)20-11-6-7-12-21(20)27(32)37-28)25(34)30-22(19-9-4-3-5-10-19)24(33)29-13-8-14-31-15-17-36-18-16-31/h3-7,9-12,22-23,27H,8,13-18H2,1-2H3,(H,29,33)(H,30,34). The Morgan fingerprint density at radius 3 is 2.54 bits per heavy atom. The van der Waals surface area contributed by atoms with Crippen LogP contribution in [0.2, 0.25) is 0 Å². The number of rotatable bonds is 8. The minimum atomic E-state index is -0.850. The number of amides is 3. The molecule has 3 heterocycles. The lowest BCUT2D eigenvalue weighted by Crippen LogP contribution is -2.54. The first-order valence-corrected chi connectivity index (χ1v) is 13.8. The Morgan fingerprint density at radius 2 is 1.78 bits per heavy atom. The van der Waals surface area contributed by atoms with E-state index >= 15 is 0 Å². The van der Waals surface area contributed by atoms with Crippen molar-refractivity contribution in [3.05, 3.63) is 71.3 Å². The number of hydrogen-bond donors (Lipinski definition) is 2. The van der Waals surface area contributed by atoms with Gasteiger partial charge in [-0.15, -0.1) is 11.8 Å². The van der Waals surface area contributed by atoms with Gasteiger partial charge in [0, 0.05) is 29.9 Å². The van der Waals surface area contributed by atoms with Crippen LogP contribution in [0.4, 0.5) is 0 Å². The summed E-state index contributed by atoms with van der Waals surface area (Å²) in [5.41, 5.74) is 2.29. The molecule has 3 unspecified atom stereocenters. The molecule has 0 saturated carbocycles. The summed E-state index contributed by atoms with van der Waals surface area (Å²) < 4.78 is 4.87. The SMILES string of the molecule is CC1(C)SC2c3ccccc3C(=O)N2C1C(=O)NC(C(=O)NCCCN1CCOCC1)c1ccccc1. The van der Waals surface area contributed by atoms with Gasteiger partial charge in [-0.3, -0.25) is 19.3 Å². The van der Waals surface area contributed by atoms with Crippen LogP contribution in [0, 0.1) is 0 Å². The van der Waals surface area contributed by atoms with Crippen molar-refractivity contribution in [3.63, 3.8) is 0 Å². The molecule has 0 aromatic heterocycles. The van der Waals surface area contributed by atoms with Gasteiger partial charge < -0.3 is 20.3 Å². The highest BCUT2D eigenvalue weighted by Gasteiger charge is 2.57. The van der Waals surface area contributed by atoms with Crippen molar-refractivity contribution in [3.8, 4) is 0 Å². The lowest BCUT2D eigenvalue weighted by molar-refractivity contribution is -0.132. The highest BCUT2D eigenvalue weighted by atomic mass is 32.2. The third kappa shape index (κ3) is 5.26. The predicted octanol–water partition coefficient (Wildman–Crippen LogP) is 2.73. The van der Waals surface area contributed by atoms with Gasteiger partial charge in [-0.1, -0.05) is 48.5 Å². The zero-order valence-corrected chi connectivity index (χ0v) is 22.1. The third-order valence-corrected chi connectivity index (χ3v) is 8.82. The first kappa shape index (κ1) is 25.8. The van der Waals surface area contributed by atoms with Gasteiger partial charge in [-0.2, -0.15) is 0 Å². The number of carbonyl (C=O) groups is 3. The fraction of sp³-hybridized carbons (Fsp3) is 0.464. The molecule has 0 radical (unpaired) electrons. The molecular formula is C28H34N4O4S. The number of hydrogen-bond acceptors (Lipinski definition) is 6. The summed E-state index contributed by atoms with van der Waals surface area (Å²) in [4.78, 5) is 44.5. The molecule has 196 valence electrons. The van der Waals surface area contributed by atoms with Gasteiger partial charge in [0.15, 0.2) is 0 Å². The fourth-order valence-electron chi connectivity index (χ4n) is 5.41. The molecule has 0 aliphatic carbocycles. The van der Waals surface area contributed by atoms with E-state index in [0.717, 1.165) is 44.8 Å². The monoisotopic (exact) mass is 522 g/mol. The largest absolute Gasteiger partial charge is 0.379 e. The second kappa shape index (κ2) is 10.8. The zero-order valence-electron chi connectivity index (χ0n) is 21.3. The Balaban J connectivity index is 1.29. The van der Waals surface area contributed by atoms with Crippen molar-refractivity contribution in [2.24, 2.45) is 0 Å². The number of nitrogens with zero attached hydrogens (tertiary/aromatic N) is 2. The quantitative estimate of drug-likeness (QED) is 0.518. The van der Waals surface area contributed by atoms with Crippen LogP contribution >= 0.6 is 11.8 Å². The van der Waals surface area contributed by atoms with Gasteiger partial charge in [0.25, 0.3) is 5.91 Å². The molecule has 5 rings (SSSR count). The topological polar surface area (TPSA) is 91.0 Å². The average Bonchev–Trinajstić information content (AvgIpc) is 3.34. The molecule has 2 aromatic rings. The number of morpholine rings is 1. The number of benzene rings is 2. The molecule has 8 nitrogen and oxygen atoms in total. The van der Waals surface area contributed by atoms with Crippen LogP contribution in [0.25, 0.3) is 0 Å². The molecule has 3 atom stereocenters. The second-order valence-electron chi connectivity index (χ2n) is 10.2. The molecule has 2 N–H and O–H groups in total. The maximum atomic E-state index is 13.8. The number of fused-ring (bicyclic) bond motifs is 3. The van der Waals surface area contributed by atoms with E-state index in [1.165, 1.54) is 0 Å². The molecule has 2 aromatic carbocycles. The minimum absolute atomic E-state index is 0.136. The summed E-state index contributed by atoms with van der Waals surface area (Å²) in [5.74, 6) is -0.710. The molecule has 3 aliphatic heterocycles. The first-order chi connectivity index (χ1) is 17.9. The smallest absolute Gasteiger partial charge is 0.256 e. The van der Waals surface area contributed by atoms with Crippen molar-refractivity contribution < 1.29 is 19.1 Å². The summed E-state index contributed by atoms with van der Waals surface area (Å²) in [6.07, 6.45) is 0.815. The van der Waals surface area contributed by atoms with Crippen molar-refractivity contribution >= 4 is 29.5 Å².